The predicted octanol–water partition coefficient (Wildman–Crippen LogP) is 7.00. The summed E-state index contributed by atoms with van der Waals surface area (Å²) in [7, 11) is 1.63. The Morgan fingerprint density at radius 2 is 1.64 bits per heavy atom. The number of carbonyl (C=O) groups is 2. The van der Waals surface area contributed by atoms with Gasteiger partial charge in [-0.3, -0.25) is 4.79 Å². The molecule has 2 aromatic carbocycles. The van der Waals surface area contributed by atoms with Crippen molar-refractivity contribution in [1.82, 2.24) is 9.80 Å². The molecular weight excluding hydrogens is 509 g/mol. The number of amides is 2. The molecule has 1 aliphatic heterocycles. The molecule has 0 N–H and O–H groups in total. The number of piperidine rings is 1. The number of ether oxygens (including phenoxy) is 1. The second kappa shape index (κ2) is 11.3. The van der Waals surface area contributed by atoms with E-state index in [1.807, 2.05) is 0 Å². The SMILES string of the molecule is CN(Cc1cc(Cl)cc(Cl)c1)C(=O)CC(c1ccc(F)cc1)C1(F)CCN(C(=O)OC(C)(C)C)CC1. The lowest BCUT2D eigenvalue weighted by Crippen LogP contribution is -2.49. The molecular formula is C27H32Cl2F2N2O3. The van der Waals surface area contributed by atoms with E-state index in [1.165, 1.54) is 34.1 Å². The van der Waals surface area contributed by atoms with Crippen molar-refractivity contribution in [2.75, 3.05) is 20.1 Å². The van der Waals surface area contributed by atoms with E-state index in [-0.39, 0.29) is 44.8 Å². The maximum absolute atomic E-state index is 16.5. The van der Waals surface area contributed by atoms with Crippen LogP contribution in [-0.2, 0) is 16.1 Å². The Balaban J connectivity index is 1.76. The average molecular weight is 541 g/mol. The minimum absolute atomic E-state index is 0.0369. The molecule has 1 saturated heterocycles. The van der Waals surface area contributed by atoms with Crippen molar-refractivity contribution in [3.05, 3.63) is 69.5 Å². The fourth-order valence-electron chi connectivity index (χ4n) is 4.43. The van der Waals surface area contributed by atoms with Crippen molar-refractivity contribution < 1.29 is 23.1 Å². The second-order valence-electron chi connectivity index (χ2n) is 10.3. The van der Waals surface area contributed by atoms with Gasteiger partial charge in [-0.2, -0.15) is 0 Å². The molecule has 0 bridgehead atoms. The summed E-state index contributed by atoms with van der Waals surface area (Å²) in [6.07, 6.45) is -0.525. The molecule has 0 spiro atoms. The number of nitrogens with zero attached hydrogens (tertiary/aromatic N) is 2. The molecule has 0 aliphatic carbocycles. The Bertz CT molecular complexity index is 1060. The number of hydrogen-bond donors (Lipinski definition) is 0. The van der Waals surface area contributed by atoms with Crippen molar-refractivity contribution in [1.29, 1.82) is 0 Å². The standard InChI is InChI=1S/C27H32Cl2F2N2O3/c1-26(2,3)36-25(35)33-11-9-27(31,10-12-33)23(19-5-7-22(30)8-6-19)16-24(34)32(4)17-18-13-20(28)15-21(29)14-18/h5-8,13-15,23H,9-12,16-17H2,1-4H3. The van der Waals surface area contributed by atoms with Crippen LogP contribution in [0.4, 0.5) is 13.6 Å². The summed E-state index contributed by atoms with van der Waals surface area (Å²) in [5, 5.41) is 0.920. The van der Waals surface area contributed by atoms with Gasteiger partial charge in [0.1, 0.15) is 17.1 Å². The number of alkyl halides is 1. The fourth-order valence-corrected chi connectivity index (χ4v) is 5.00. The minimum Gasteiger partial charge on any atom is -0.444 e. The van der Waals surface area contributed by atoms with E-state index in [0.717, 1.165) is 5.56 Å². The van der Waals surface area contributed by atoms with E-state index in [2.05, 4.69) is 0 Å². The third kappa shape index (κ3) is 7.56. The molecule has 196 valence electrons. The largest absolute Gasteiger partial charge is 0.444 e. The molecule has 36 heavy (non-hydrogen) atoms. The van der Waals surface area contributed by atoms with E-state index in [1.54, 1.807) is 46.0 Å². The lowest BCUT2D eigenvalue weighted by molar-refractivity contribution is -0.132. The van der Waals surface area contributed by atoms with Crippen LogP contribution in [-0.4, -0.2) is 53.2 Å². The molecule has 1 aliphatic rings. The highest BCUT2D eigenvalue weighted by molar-refractivity contribution is 6.34. The van der Waals surface area contributed by atoms with E-state index >= 15 is 4.39 Å². The summed E-state index contributed by atoms with van der Waals surface area (Å²) < 4.78 is 35.5. The number of hydrogen-bond acceptors (Lipinski definition) is 3. The minimum atomic E-state index is -1.76. The number of carbonyl (C=O) groups excluding carboxylic acids is 2. The highest BCUT2D eigenvalue weighted by Crippen LogP contribution is 2.43. The van der Waals surface area contributed by atoms with E-state index in [0.29, 0.717) is 15.6 Å². The molecule has 1 fully saturated rings. The predicted molar refractivity (Wildman–Crippen MR) is 138 cm³/mol. The molecule has 0 aromatic heterocycles. The van der Waals surface area contributed by atoms with E-state index in [9.17, 15) is 14.0 Å². The summed E-state index contributed by atoms with van der Waals surface area (Å²) >= 11 is 12.1. The van der Waals surface area contributed by atoms with Crippen LogP contribution in [0.5, 0.6) is 0 Å². The van der Waals surface area contributed by atoms with Crippen LogP contribution in [0.15, 0.2) is 42.5 Å². The summed E-state index contributed by atoms with van der Waals surface area (Å²) in [6, 6.07) is 10.6. The first kappa shape index (κ1) is 28.2. The van der Waals surface area contributed by atoms with E-state index in [4.69, 9.17) is 27.9 Å². The summed E-state index contributed by atoms with van der Waals surface area (Å²) in [6.45, 7) is 5.90. The van der Waals surface area contributed by atoms with Crippen LogP contribution in [0.2, 0.25) is 10.0 Å². The summed E-state index contributed by atoms with van der Waals surface area (Å²) in [5.74, 6) is -1.52. The van der Waals surface area contributed by atoms with Crippen molar-refractivity contribution in [3.8, 4) is 0 Å². The topological polar surface area (TPSA) is 49.9 Å². The first-order valence-corrected chi connectivity index (χ1v) is 12.6. The molecule has 0 saturated carbocycles. The van der Waals surface area contributed by atoms with Crippen LogP contribution in [0.3, 0.4) is 0 Å². The van der Waals surface area contributed by atoms with Gasteiger partial charge in [0.15, 0.2) is 0 Å². The van der Waals surface area contributed by atoms with Crippen LogP contribution in [0, 0.1) is 5.82 Å². The van der Waals surface area contributed by atoms with Gasteiger partial charge in [0.25, 0.3) is 0 Å². The van der Waals surface area contributed by atoms with Crippen LogP contribution in [0.1, 0.15) is 57.1 Å². The first-order chi connectivity index (χ1) is 16.8. The third-order valence-electron chi connectivity index (χ3n) is 6.29. The first-order valence-electron chi connectivity index (χ1n) is 11.9. The normalized spacial score (nSPS) is 16.4. The zero-order valence-corrected chi connectivity index (χ0v) is 22.5. The van der Waals surface area contributed by atoms with Crippen LogP contribution < -0.4 is 0 Å². The highest BCUT2D eigenvalue weighted by Gasteiger charge is 2.45. The van der Waals surface area contributed by atoms with Gasteiger partial charge in [0.2, 0.25) is 5.91 Å². The maximum Gasteiger partial charge on any atom is 0.410 e. The molecule has 5 nitrogen and oxygen atoms in total. The van der Waals surface area contributed by atoms with Crippen LogP contribution in [0.25, 0.3) is 0 Å². The zero-order valence-electron chi connectivity index (χ0n) is 21.0. The fraction of sp³-hybridized carbons (Fsp3) is 0.481. The number of likely N-dealkylation sites (tertiary alicyclic amines) is 1. The number of halogens is 4. The zero-order chi connectivity index (χ0) is 26.7. The molecule has 1 heterocycles. The van der Waals surface area contributed by atoms with Gasteiger partial charge in [-0.25, -0.2) is 13.6 Å². The van der Waals surface area contributed by atoms with Crippen molar-refractivity contribution >= 4 is 35.2 Å². The summed E-state index contributed by atoms with van der Waals surface area (Å²) in [5.41, 5.74) is -1.12. The Labute approximate surface area is 221 Å². The van der Waals surface area contributed by atoms with Gasteiger partial charge >= 0.3 is 6.09 Å². The number of benzene rings is 2. The van der Waals surface area contributed by atoms with Crippen molar-refractivity contribution in [2.45, 2.75) is 63.8 Å². The maximum atomic E-state index is 16.5. The van der Waals surface area contributed by atoms with Gasteiger partial charge in [0, 0.05) is 49.1 Å². The van der Waals surface area contributed by atoms with Gasteiger partial charge in [-0.05, 0) is 75.1 Å². The molecule has 2 amide bonds. The third-order valence-corrected chi connectivity index (χ3v) is 6.73. The molecule has 3 rings (SSSR count). The Kier molecular flexibility index (Phi) is 8.88. The van der Waals surface area contributed by atoms with Crippen molar-refractivity contribution in [3.63, 3.8) is 0 Å². The monoisotopic (exact) mass is 540 g/mol. The van der Waals surface area contributed by atoms with Gasteiger partial charge < -0.3 is 14.5 Å². The molecule has 0 radical (unpaired) electrons. The Hall–Kier alpha value is -2.38. The van der Waals surface area contributed by atoms with Gasteiger partial charge in [-0.15, -0.1) is 0 Å². The quantitative estimate of drug-likeness (QED) is 0.396. The van der Waals surface area contributed by atoms with Crippen molar-refractivity contribution in [2.24, 2.45) is 0 Å². The Morgan fingerprint density at radius 1 is 1.08 bits per heavy atom. The summed E-state index contributed by atoms with van der Waals surface area (Å²) in [4.78, 5) is 28.7. The smallest absolute Gasteiger partial charge is 0.410 e. The highest BCUT2D eigenvalue weighted by atomic mass is 35.5. The van der Waals surface area contributed by atoms with Gasteiger partial charge in [0.05, 0.1) is 0 Å². The van der Waals surface area contributed by atoms with Crippen LogP contribution >= 0.6 is 23.2 Å². The second-order valence-corrected chi connectivity index (χ2v) is 11.2. The molecule has 1 atom stereocenters. The molecule has 9 heteroatoms. The lowest BCUT2D eigenvalue weighted by atomic mass is 9.75. The van der Waals surface area contributed by atoms with Gasteiger partial charge in [-0.1, -0.05) is 35.3 Å². The molecule has 2 aromatic rings. The lowest BCUT2D eigenvalue weighted by Gasteiger charge is -2.41. The van der Waals surface area contributed by atoms with E-state index < -0.39 is 29.1 Å². The molecule has 1 unspecified atom stereocenters. The Morgan fingerprint density at radius 3 is 2.17 bits per heavy atom. The average Bonchev–Trinajstić information content (AvgIpc) is 2.76. The number of rotatable bonds is 6.